The number of ether oxygens (including phenoxy) is 2. The summed E-state index contributed by atoms with van der Waals surface area (Å²) in [5.74, 6) is -1.40. The molecule has 1 N–H and O–H groups in total. The van der Waals surface area contributed by atoms with Crippen molar-refractivity contribution in [2.24, 2.45) is 11.1 Å². The zero-order chi connectivity index (χ0) is 12.4. The molecule has 0 saturated carbocycles. The van der Waals surface area contributed by atoms with Crippen LogP contribution in [0.15, 0.2) is 5.16 Å². The highest BCUT2D eigenvalue weighted by Gasteiger charge is 2.51. The quantitative estimate of drug-likeness (QED) is 0.643. The van der Waals surface area contributed by atoms with Gasteiger partial charge in [0.1, 0.15) is 6.04 Å². The van der Waals surface area contributed by atoms with Crippen LogP contribution in [0.2, 0.25) is 0 Å². The number of oxime groups is 1. The molecule has 0 aliphatic carbocycles. The van der Waals surface area contributed by atoms with E-state index in [4.69, 9.17) is 9.57 Å². The first-order valence-corrected chi connectivity index (χ1v) is 5.41. The molecule has 0 bridgehead atoms. The van der Waals surface area contributed by atoms with Crippen LogP contribution in [0.1, 0.15) is 6.92 Å². The van der Waals surface area contributed by atoms with E-state index >= 15 is 0 Å². The van der Waals surface area contributed by atoms with Gasteiger partial charge in [0.25, 0.3) is 0 Å². The van der Waals surface area contributed by atoms with E-state index in [9.17, 15) is 9.59 Å². The first-order chi connectivity index (χ1) is 8.19. The van der Waals surface area contributed by atoms with Gasteiger partial charge in [0.15, 0.2) is 11.8 Å². The van der Waals surface area contributed by atoms with Crippen LogP contribution in [0.5, 0.6) is 0 Å². The van der Waals surface area contributed by atoms with Gasteiger partial charge in [-0.25, -0.2) is 4.79 Å². The summed E-state index contributed by atoms with van der Waals surface area (Å²) in [5.41, 5.74) is 0.150. The third-order valence-corrected chi connectivity index (χ3v) is 2.84. The Morgan fingerprint density at radius 1 is 1.59 bits per heavy atom. The molecule has 2 aliphatic heterocycles. The number of carbonyl (C=O) groups is 2. The molecule has 0 spiro atoms. The maximum absolute atomic E-state index is 11.6. The molecule has 0 aromatic carbocycles. The second-order valence-electron chi connectivity index (χ2n) is 3.78. The van der Waals surface area contributed by atoms with Gasteiger partial charge in [-0.05, 0) is 6.92 Å². The van der Waals surface area contributed by atoms with Crippen LogP contribution in [-0.2, 0) is 23.9 Å². The number of fused-ring (bicyclic) bond motifs is 1. The van der Waals surface area contributed by atoms with Crippen molar-refractivity contribution in [1.82, 2.24) is 5.32 Å². The summed E-state index contributed by atoms with van der Waals surface area (Å²) in [6, 6.07) is -0.601. The molecule has 2 heterocycles. The van der Waals surface area contributed by atoms with Crippen molar-refractivity contribution >= 4 is 17.7 Å². The maximum Gasteiger partial charge on any atom is 0.356 e. The summed E-state index contributed by atoms with van der Waals surface area (Å²) in [5, 5.41) is 6.65. The second kappa shape index (κ2) is 4.70. The molecule has 2 rings (SSSR count). The summed E-state index contributed by atoms with van der Waals surface area (Å²) in [6.07, 6.45) is -0.307. The molecule has 94 valence electrons. The number of carbonyl (C=O) groups excluding carboxylic acids is 2. The Hall–Kier alpha value is -1.63. The van der Waals surface area contributed by atoms with Gasteiger partial charge < -0.3 is 14.3 Å². The fourth-order valence-electron chi connectivity index (χ4n) is 2.07. The Balaban J connectivity index is 2.14. The summed E-state index contributed by atoms with van der Waals surface area (Å²) in [6.45, 7) is 2.42. The highest BCUT2D eigenvalue weighted by atomic mass is 16.7. The molecule has 1 fully saturated rings. The largest absolute Gasteiger partial charge is 0.468 e. The number of nitrogens with zero attached hydrogens (tertiary/aromatic N) is 1. The summed E-state index contributed by atoms with van der Waals surface area (Å²) in [7, 11) is 1.30. The number of rotatable bonds is 3. The lowest BCUT2D eigenvalue weighted by Crippen LogP contribution is -2.42. The molecule has 1 saturated heterocycles. The first-order valence-electron chi connectivity index (χ1n) is 5.41. The zero-order valence-corrected chi connectivity index (χ0v) is 9.63. The zero-order valence-electron chi connectivity index (χ0n) is 9.63. The Morgan fingerprint density at radius 3 is 3.00 bits per heavy atom. The fourth-order valence-corrected chi connectivity index (χ4v) is 2.07. The molecule has 17 heavy (non-hydrogen) atoms. The number of esters is 2. The molecule has 7 nitrogen and oxygen atoms in total. The van der Waals surface area contributed by atoms with Crippen molar-refractivity contribution in [3.63, 3.8) is 0 Å². The van der Waals surface area contributed by atoms with Gasteiger partial charge in [-0.15, -0.1) is 0 Å². The van der Waals surface area contributed by atoms with E-state index in [-0.39, 0.29) is 18.4 Å². The molecule has 0 aromatic heterocycles. The van der Waals surface area contributed by atoms with Gasteiger partial charge in [-0.1, -0.05) is 5.16 Å². The van der Waals surface area contributed by atoms with Crippen LogP contribution >= 0.6 is 0 Å². The van der Waals surface area contributed by atoms with Gasteiger partial charge in [-0.3, -0.25) is 10.1 Å². The van der Waals surface area contributed by atoms with E-state index in [0.717, 1.165) is 0 Å². The monoisotopic (exact) mass is 242 g/mol. The molecule has 0 radical (unpaired) electrons. The van der Waals surface area contributed by atoms with Crippen molar-refractivity contribution in [3.8, 4) is 0 Å². The van der Waals surface area contributed by atoms with Crippen LogP contribution in [-0.4, -0.2) is 50.1 Å². The predicted octanol–water partition coefficient (Wildman–Crippen LogP) is -0.935. The Kier molecular flexibility index (Phi) is 3.28. The fraction of sp³-hybridized carbons (Fsp3) is 0.700. The molecular weight excluding hydrogens is 228 g/mol. The third kappa shape index (κ3) is 1.97. The molecule has 0 aromatic rings. The number of hydrogen-bond acceptors (Lipinski definition) is 7. The molecular formula is C10H14N2O5. The first kappa shape index (κ1) is 11.8. The average Bonchev–Trinajstić information content (AvgIpc) is 2.88. The summed E-state index contributed by atoms with van der Waals surface area (Å²) >= 11 is 0. The topological polar surface area (TPSA) is 86.2 Å². The maximum atomic E-state index is 11.6. The SMILES string of the molecule is CCOC(=O)C1=NO[C@@H]2CN[C@@H](C(=O)OC)[C@H]12. The highest BCUT2D eigenvalue weighted by Crippen LogP contribution is 2.28. The van der Waals surface area contributed by atoms with E-state index in [0.29, 0.717) is 6.54 Å². The highest BCUT2D eigenvalue weighted by molar-refractivity contribution is 6.38. The van der Waals surface area contributed by atoms with Crippen LogP contribution in [0.4, 0.5) is 0 Å². The van der Waals surface area contributed by atoms with Gasteiger partial charge in [-0.2, -0.15) is 0 Å². The van der Waals surface area contributed by atoms with Gasteiger partial charge in [0.2, 0.25) is 0 Å². The minimum Gasteiger partial charge on any atom is -0.468 e. The van der Waals surface area contributed by atoms with Crippen molar-refractivity contribution in [2.45, 2.75) is 19.1 Å². The normalized spacial score (nSPS) is 30.2. The molecule has 3 atom stereocenters. The smallest absolute Gasteiger partial charge is 0.356 e. The van der Waals surface area contributed by atoms with Crippen molar-refractivity contribution in [1.29, 1.82) is 0 Å². The van der Waals surface area contributed by atoms with Crippen molar-refractivity contribution in [2.75, 3.05) is 20.3 Å². The van der Waals surface area contributed by atoms with Crippen LogP contribution < -0.4 is 5.32 Å². The number of nitrogens with one attached hydrogen (secondary N) is 1. The lowest BCUT2D eigenvalue weighted by Gasteiger charge is -2.14. The second-order valence-corrected chi connectivity index (χ2v) is 3.78. The molecule has 2 aliphatic rings. The van der Waals surface area contributed by atoms with Crippen molar-refractivity contribution < 1.29 is 23.9 Å². The van der Waals surface area contributed by atoms with E-state index in [1.54, 1.807) is 6.92 Å². The van der Waals surface area contributed by atoms with Crippen LogP contribution in [0.25, 0.3) is 0 Å². The summed E-state index contributed by atoms with van der Waals surface area (Å²) < 4.78 is 9.53. The van der Waals surface area contributed by atoms with Crippen molar-refractivity contribution in [3.05, 3.63) is 0 Å². The van der Waals surface area contributed by atoms with E-state index in [1.165, 1.54) is 7.11 Å². The molecule has 0 unspecified atom stereocenters. The Bertz CT molecular complexity index is 368. The van der Waals surface area contributed by atoms with Crippen LogP contribution in [0.3, 0.4) is 0 Å². The average molecular weight is 242 g/mol. The van der Waals surface area contributed by atoms with Crippen LogP contribution in [0, 0.1) is 5.92 Å². The predicted molar refractivity (Wildman–Crippen MR) is 56.2 cm³/mol. The van der Waals surface area contributed by atoms with E-state index in [2.05, 4.69) is 15.2 Å². The van der Waals surface area contributed by atoms with E-state index < -0.39 is 23.9 Å². The lowest BCUT2D eigenvalue weighted by atomic mass is 9.93. The lowest BCUT2D eigenvalue weighted by molar-refractivity contribution is -0.143. The van der Waals surface area contributed by atoms with Gasteiger partial charge in [0.05, 0.1) is 19.6 Å². The molecule has 0 amide bonds. The molecule has 7 heteroatoms. The standard InChI is InChI=1S/C10H14N2O5/c1-3-16-10(14)8-6-5(17-12-8)4-11-7(6)9(13)15-2/h5-7,11H,3-4H2,1-2H3/t5-,6-,7-/m1/s1. The number of methoxy groups -OCH3 is 1. The minimum absolute atomic E-state index is 0.150. The Morgan fingerprint density at radius 2 is 2.35 bits per heavy atom. The van der Waals surface area contributed by atoms with E-state index in [1.807, 2.05) is 0 Å². The van der Waals surface area contributed by atoms with Gasteiger partial charge >= 0.3 is 11.9 Å². The number of hydrogen-bond donors (Lipinski definition) is 1. The van der Waals surface area contributed by atoms with Gasteiger partial charge in [0, 0.05) is 6.54 Å². The minimum atomic E-state index is -0.601. The summed E-state index contributed by atoms with van der Waals surface area (Å²) in [4.78, 5) is 28.3. The Labute approximate surface area is 98.1 Å². The third-order valence-electron chi connectivity index (χ3n) is 2.84.